The maximum Gasteiger partial charge on any atom is 0.231 e. The number of rotatable bonds is 4. The zero-order chi connectivity index (χ0) is 24.3. The van der Waals surface area contributed by atoms with Crippen LogP contribution in [0, 0.1) is 0 Å². The number of hydrogen-bond donors (Lipinski definition) is 4. The third kappa shape index (κ3) is 3.57. The van der Waals surface area contributed by atoms with Crippen LogP contribution in [0.3, 0.4) is 0 Å². The molecule has 0 saturated carbocycles. The molecule has 6 rings (SSSR count). The van der Waals surface area contributed by atoms with Crippen LogP contribution >= 0.6 is 0 Å². The van der Waals surface area contributed by atoms with Crippen molar-refractivity contribution in [3.63, 3.8) is 0 Å². The Labute approximate surface area is 200 Å². The smallest absolute Gasteiger partial charge is 0.231 e. The number of aryl methyl sites for hydroxylation is 2. The van der Waals surface area contributed by atoms with Gasteiger partial charge in [-0.3, -0.25) is 0 Å². The molecule has 0 amide bonds. The van der Waals surface area contributed by atoms with Crippen molar-refractivity contribution in [3.8, 4) is 34.3 Å². The Morgan fingerprint density at radius 3 is 2.60 bits per heavy atom. The van der Waals surface area contributed by atoms with Gasteiger partial charge in [0.2, 0.25) is 18.8 Å². The number of aromatic nitrogens is 1. The topological polar surface area (TPSA) is 131 Å². The second kappa shape index (κ2) is 8.51. The number of aliphatic hydroxyl groups is 4. The highest BCUT2D eigenvalue weighted by molar-refractivity contribution is 5.91. The fourth-order valence-corrected chi connectivity index (χ4v) is 4.96. The summed E-state index contributed by atoms with van der Waals surface area (Å²) < 4.78 is 30.4. The lowest BCUT2D eigenvalue weighted by molar-refractivity contribution is -0.686. The van der Waals surface area contributed by atoms with E-state index in [-0.39, 0.29) is 6.79 Å². The van der Waals surface area contributed by atoms with Gasteiger partial charge in [0.1, 0.15) is 24.4 Å². The third-order valence-corrected chi connectivity index (χ3v) is 6.88. The van der Waals surface area contributed by atoms with E-state index in [2.05, 4.69) is 10.6 Å². The Kier molecular flexibility index (Phi) is 5.42. The fraction of sp³-hybridized carbons (Fsp3) is 0.400. The van der Waals surface area contributed by atoms with E-state index in [1.807, 2.05) is 24.4 Å². The predicted octanol–water partition coefficient (Wildman–Crippen LogP) is 0.266. The van der Waals surface area contributed by atoms with Gasteiger partial charge in [-0.1, -0.05) is 0 Å². The van der Waals surface area contributed by atoms with Crippen LogP contribution in [0.15, 0.2) is 36.5 Å². The van der Waals surface area contributed by atoms with E-state index in [0.29, 0.717) is 16.9 Å². The van der Waals surface area contributed by atoms with E-state index in [9.17, 15) is 20.4 Å². The average Bonchev–Trinajstić information content (AvgIpc) is 3.34. The first kappa shape index (κ1) is 22.3. The molecule has 4 N–H and O–H groups in total. The molecule has 10 nitrogen and oxygen atoms in total. The number of methoxy groups -OCH3 is 1. The number of pyridine rings is 1. The van der Waals surface area contributed by atoms with Crippen molar-refractivity contribution in [2.75, 3.05) is 20.5 Å². The van der Waals surface area contributed by atoms with Crippen molar-refractivity contribution in [1.82, 2.24) is 0 Å². The van der Waals surface area contributed by atoms with Gasteiger partial charge in [-0.25, -0.2) is 0 Å². The molecule has 4 heterocycles. The SMILES string of the molecule is COc1ccc2cc3[n+](cc2c1OC1O[C@H](CO)[C@@H](O)[C@H](O)[C@@H]1O)CCc1cc2c(cc1-3)OCO2. The van der Waals surface area contributed by atoms with Gasteiger partial charge in [-0.2, -0.15) is 4.57 Å². The summed E-state index contributed by atoms with van der Waals surface area (Å²) in [6.07, 6.45) is -4.19. The van der Waals surface area contributed by atoms with Crippen molar-refractivity contribution in [1.29, 1.82) is 0 Å². The largest absolute Gasteiger partial charge is 0.493 e. The molecule has 3 aromatic rings. The Bertz CT molecular complexity index is 1290. The molecule has 0 bridgehead atoms. The number of benzene rings is 2. The fourth-order valence-electron chi connectivity index (χ4n) is 4.96. The molecule has 0 spiro atoms. The molecular formula is C25H26NO9+. The van der Waals surface area contributed by atoms with Crippen molar-refractivity contribution in [2.45, 2.75) is 43.7 Å². The van der Waals surface area contributed by atoms with Gasteiger partial charge in [0.05, 0.1) is 24.7 Å². The number of ether oxygens (including phenoxy) is 5. The summed E-state index contributed by atoms with van der Waals surface area (Å²) in [4.78, 5) is 0. The van der Waals surface area contributed by atoms with Gasteiger partial charge >= 0.3 is 0 Å². The van der Waals surface area contributed by atoms with Crippen LogP contribution < -0.4 is 23.5 Å². The molecule has 1 saturated heterocycles. The molecule has 3 aliphatic heterocycles. The van der Waals surface area contributed by atoms with E-state index in [4.69, 9.17) is 23.7 Å². The third-order valence-electron chi connectivity index (χ3n) is 6.88. The summed E-state index contributed by atoms with van der Waals surface area (Å²) in [7, 11) is 1.51. The second-order valence-corrected chi connectivity index (χ2v) is 8.88. The molecule has 184 valence electrons. The normalized spacial score (nSPS) is 26.8. The molecule has 0 aliphatic carbocycles. The minimum atomic E-state index is -1.54. The van der Waals surface area contributed by atoms with Gasteiger partial charge in [0.25, 0.3) is 0 Å². The van der Waals surface area contributed by atoms with E-state index in [1.165, 1.54) is 12.7 Å². The van der Waals surface area contributed by atoms with Gasteiger partial charge < -0.3 is 44.1 Å². The monoisotopic (exact) mass is 484 g/mol. The summed E-state index contributed by atoms with van der Waals surface area (Å²) >= 11 is 0. The van der Waals surface area contributed by atoms with Crippen LogP contribution in [0.1, 0.15) is 5.56 Å². The van der Waals surface area contributed by atoms with Crippen LogP contribution in [0.5, 0.6) is 23.0 Å². The molecule has 5 atom stereocenters. The maximum absolute atomic E-state index is 10.5. The van der Waals surface area contributed by atoms with Gasteiger partial charge in [0, 0.05) is 12.5 Å². The van der Waals surface area contributed by atoms with E-state index < -0.39 is 37.3 Å². The first-order chi connectivity index (χ1) is 17.0. The minimum Gasteiger partial charge on any atom is -0.493 e. The quantitative estimate of drug-likeness (QED) is 0.385. The van der Waals surface area contributed by atoms with Gasteiger partial charge in [-0.15, -0.1) is 0 Å². The van der Waals surface area contributed by atoms with Crippen molar-refractivity contribution < 1.29 is 48.7 Å². The van der Waals surface area contributed by atoms with E-state index >= 15 is 0 Å². The molecule has 2 aromatic carbocycles. The van der Waals surface area contributed by atoms with Gasteiger partial charge in [-0.05, 0) is 35.2 Å². The molecule has 35 heavy (non-hydrogen) atoms. The molecule has 10 heteroatoms. The van der Waals surface area contributed by atoms with Gasteiger partial charge in [0.15, 0.2) is 35.7 Å². The Morgan fingerprint density at radius 1 is 1.03 bits per heavy atom. The highest BCUT2D eigenvalue weighted by Crippen LogP contribution is 2.42. The van der Waals surface area contributed by atoms with Crippen molar-refractivity contribution in [2.24, 2.45) is 0 Å². The summed E-state index contributed by atoms with van der Waals surface area (Å²) in [6, 6.07) is 9.75. The van der Waals surface area contributed by atoms with Crippen LogP contribution in [-0.2, 0) is 17.7 Å². The first-order valence-electron chi connectivity index (χ1n) is 11.4. The Balaban J connectivity index is 1.43. The number of nitrogens with zero attached hydrogens (tertiary/aromatic N) is 1. The molecule has 3 aliphatic rings. The lowest BCUT2D eigenvalue weighted by Gasteiger charge is -2.39. The lowest BCUT2D eigenvalue weighted by atomic mass is 9.95. The van der Waals surface area contributed by atoms with Crippen LogP contribution in [-0.4, -0.2) is 71.6 Å². The summed E-state index contributed by atoms with van der Waals surface area (Å²) in [6.45, 7) is 0.404. The zero-order valence-corrected chi connectivity index (χ0v) is 19.0. The lowest BCUT2D eigenvalue weighted by Crippen LogP contribution is -2.60. The van der Waals surface area contributed by atoms with Crippen LogP contribution in [0.25, 0.3) is 22.0 Å². The minimum absolute atomic E-state index is 0.217. The zero-order valence-electron chi connectivity index (χ0n) is 19.0. The van der Waals surface area contributed by atoms with Crippen LogP contribution in [0.2, 0.25) is 0 Å². The Morgan fingerprint density at radius 2 is 1.83 bits per heavy atom. The van der Waals surface area contributed by atoms with E-state index in [0.717, 1.165) is 41.1 Å². The number of aliphatic hydroxyl groups excluding tert-OH is 4. The standard InChI is InChI=1S/C25H26NO9/c1-31-17-3-2-12-6-16-14-8-19-18(32-11-33-19)7-13(14)4-5-26(16)9-15(12)24(17)35-25-23(30)22(29)21(28)20(10-27)34-25/h2-3,6-9,20-23,25,27-30H,4-5,10-11H2,1H3/q+1/t20-,21-,22+,23+,25?/m1/s1. The highest BCUT2D eigenvalue weighted by atomic mass is 16.7. The predicted molar refractivity (Wildman–Crippen MR) is 120 cm³/mol. The summed E-state index contributed by atoms with van der Waals surface area (Å²) in [5.74, 6) is 2.22. The molecular weight excluding hydrogens is 458 g/mol. The second-order valence-electron chi connectivity index (χ2n) is 8.88. The highest BCUT2D eigenvalue weighted by Gasteiger charge is 2.45. The Hall–Kier alpha value is -3.15. The summed E-state index contributed by atoms with van der Waals surface area (Å²) in [5, 5.41) is 41.8. The molecule has 1 fully saturated rings. The number of hydrogen-bond acceptors (Lipinski definition) is 9. The van der Waals surface area contributed by atoms with Crippen molar-refractivity contribution in [3.05, 3.63) is 42.1 Å². The average molecular weight is 484 g/mol. The molecule has 1 unspecified atom stereocenters. The van der Waals surface area contributed by atoms with Crippen molar-refractivity contribution >= 4 is 10.8 Å². The summed E-state index contributed by atoms with van der Waals surface area (Å²) in [5.41, 5.74) is 3.26. The number of fused-ring (bicyclic) bond motifs is 5. The molecule has 0 radical (unpaired) electrons. The van der Waals surface area contributed by atoms with Crippen LogP contribution in [0.4, 0.5) is 0 Å². The first-order valence-corrected chi connectivity index (χ1v) is 11.4. The molecule has 1 aromatic heterocycles. The maximum atomic E-state index is 10.5. The van der Waals surface area contributed by atoms with E-state index in [1.54, 1.807) is 6.07 Å².